The third-order valence-corrected chi connectivity index (χ3v) is 7.15. The van der Waals surface area contributed by atoms with Crippen molar-refractivity contribution in [3.8, 4) is 5.69 Å². The number of pyridine rings is 1. The summed E-state index contributed by atoms with van der Waals surface area (Å²) in [5.41, 5.74) is 9.96. The molecule has 0 saturated carbocycles. The fourth-order valence-corrected chi connectivity index (χ4v) is 5.18. The van der Waals surface area contributed by atoms with E-state index in [-0.39, 0.29) is 22.8 Å². The number of primary amides is 1. The molecule has 6 rings (SSSR count). The van der Waals surface area contributed by atoms with Crippen molar-refractivity contribution in [2.75, 3.05) is 18.4 Å². The van der Waals surface area contributed by atoms with Crippen LogP contribution in [0.3, 0.4) is 0 Å². The number of hydrogen-bond donors (Lipinski definition) is 2. The number of amides is 2. The summed E-state index contributed by atoms with van der Waals surface area (Å²) >= 11 is 0. The number of benzene rings is 2. The lowest BCUT2D eigenvalue weighted by atomic mass is 10.1. The fraction of sp³-hybridized carbons (Fsp3) is 0.250. The van der Waals surface area contributed by atoms with Gasteiger partial charge in [0, 0.05) is 42.4 Å². The quantitative estimate of drug-likeness (QED) is 0.439. The number of nitrogens with zero attached hydrogens (tertiary/aromatic N) is 4. The first-order valence-corrected chi connectivity index (χ1v) is 12.5. The van der Waals surface area contributed by atoms with Gasteiger partial charge < -0.3 is 20.5 Å². The number of aromatic nitrogens is 3. The van der Waals surface area contributed by atoms with Gasteiger partial charge in [0.2, 0.25) is 11.4 Å². The minimum absolute atomic E-state index is 0.0367. The lowest BCUT2D eigenvalue weighted by Gasteiger charge is -2.16. The number of likely N-dealkylation sites (tertiary alicyclic amines) is 1. The van der Waals surface area contributed by atoms with Gasteiger partial charge in [-0.05, 0) is 79.6 Å². The summed E-state index contributed by atoms with van der Waals surface area (Å²) in [5, 5.41) is 3.36. The van der Waals surface area contributed by atoms with Crippen LogP contribution < -0.4 is 16.5 Å². The zero-order valence-electron chi connectivity index (χ0n) is 20.2. The van der Waals surface area contributed by atoms with Gasteiger partial charge in [0.15, 0.2) is 5.65 Å². The van der Waals surface area contributed by atoms with E-state index in [0.717, 1.165) is 50.9 Å². The third kappa shape index (κ3) is 4.22. The summed E-state index contributed by atoms with van der Waals surface area (Å²) in [4.78, 5) is 48.4. The predicted molar refractivity (Wildman–Crippen MR) is 141 cm³/mol. The second-order valence-corrected chi connectivity index (χ2v) is 9.55. The summed E-state index contributed by atoms with van der Waals surface area (Å²) in [6, 6.07) is 13.3. The van der Waals surface area contributed by atoms with E-state index in [1.54, 1.807) is 28.8 Å². The van der Waals surface area contributed by atoms with E-state index in [1.807, 2.05) is 11.0 Å². The highest BCUT2D eigenvalue weighted by molar-refractivity contribution is 5.96. The van der Waals surface area contributed by atoms with Crippen LogP contribution in [-0.2, 0) is 12.8 Å². The molecule has 2 aromatic heterocycles. The molecule has 0 unspecified atom stereocenters. The van der Waals surface area contributed by atoms with Crippen molar-refractivity contribution in [2.45, 2.75) is 32.1 Å². The SMILES string of the molecule is NC(=O)c1cn(-c2ccc3c(c2)CCC3)c2nc(Nc3ccc(C(=O)N4CCCC4)cc3)ncc2c1=O. The number of carbonyl (C=O) groups excluding carboxylic acids is 2. The lowest BCUT2D eigenvalue weighted by Crippen LogP contribution is -2.27. The normalized spacial score (nSPS) is 14.6. The molecule has 2 amide bonds. The molecule has 0 atom stereocenters. The molecule has 0 bridgehead atoms. The molecule has 186 valence electrons. The van der Waals surface area contributed by atoms with Crippen LogP contribution in [0.5, 0.6) is 0 Å². The number of hydrogen-bond acceptors (Lipinski definition) is 6. The third-order valence-electron chi connectivity index (χ3n) is 7.15. The number of aryl methyl sites for hydroxylation is 2. The standard InChI is InChI=1S/C28H26N6O3/c29-25(36)23-16-34(21-11-8-17-4-3-5-19(17)14-21)26-22(24(23)35)15-30-28(32-26)31-20-9-6-18(7-10-20)27(37)33-12-1-2-13-33/h6-11,14-16H,1-5,12-13H2,(H2,29,36)(H,30,31,32). The largest absolute Gasteiger partial charge is 0.365 e. The van der Waals surface area contributed by atoms with Crippen molar-refractivity contribution in [1.29, 1.82) is 0 Å². The van der Waals surface area contributed by atoms with Crippen molar-refractivity contribution in [2.24, 2.45) is 5.73 Å². The first kappa shape index (κ1) is 22.9. The van der Waals surface area contributed by atoms with E-state index < -0.39 is 11.3 Å². The minimum atomic E-state index is -0.799. The summed E-state index contributed by atoms with van der Waals surface area (Å²) < 4.78 is 1.72. The highest BCUT2D eigenvalue weighted by Crippen LogP contribution is 2.26. The van der Waals surface area contributed by atoms with Crippen molar-refractivity contribution in [3.63, 3.8) is 0 Å². The van der Waals surface area contributed by atoms with Crippen LogP contribution in [0, 0.1) is 0 Å². The summed E-state index contributed by atoms with van der Waals surface area (Å²) in [5.74, 6) is -0.477. The summed E-state index contributed by atoms with van der Waals surface area (Å²) in [7, 11) is 0. The topological polar surface area (TPSA) is 123 Å². The second-order valence-electron chi connectivity index (χ2n) is 9.55. The fourth-order valence-electron chi connectivity index (χ4n) is 5.18. The maximum absolute atomic E-state index is 13.0. The molecule has 3 heterocycles. The number of anilines is 2. The number of nitrogens with one attached hydrogen (secondary N) is 1. The molecule has 9 heteroatoms. The van der Waals surface area contributed by atoms with E-state index in [0.29, 0.717) is 16.9 Å². The van der Waals surface area contributed by atoms with Gasteiger partial charge in [-0.3, -0.25) is 14.4 Å². The van der Waals surface area contributed by atoms with E-state index in [2.05, 4.69) is 27.4 Å². The highest BCUT2D eigenvalue weighted by atomic mass is 16.2. The van der Waals surface area contributed by atoms with Gasteiger partial charge in [-0.1, -0.05) is 6.07 Å². The van der Waals surface area contributed by atoms with Crippen LogP contribution in [0.15, 0.2) is 59.7 Å². The van der Waals surface area contributed by atoms with Gasteiger partial charge in [-0.2, -0.15) is 4.98 Å². The van der Waals surface area contributed by atoms with Crippen molar-refractivity contribution >= 4 is 34.5 Å². The number of rotatable bonds is 5. The Morgan fingerprint density at radius 1 is 0.946 bits per heavy atom. The van der Waals surface area contributed by atoms with Crippen molar-refractivity contribution in [1.82, 2.24) is 19.4 Å². The molecule has 2 aliphatic rings. The van der Waals surface area contributed by atoms with E-state index >= 15 is 0 Å². The molecule has 0 spiro atoms. The van der Waals surface area contributed by atoms with E-state index in [4.69, 9.17) is 5.73 Å². The van der Waals surface area contributed by atoms with E-state index in [1.165, 1.54) is 23.5 Å². The van der Waals surface area contributed by atoms with Crippen LogP contribution in [0.25, 0.3) is 16.7 Å². The van der Waals surface area contributed by atoms with Crippen LogP contribution in [0.4, 0.5) is 11.6 Å². The second kappa shape index (κ2) is 9.16. The molecular formula is C28H26N6O3. The average Bonchev–Trinajstić information content (AvgIpc) is 3.61. The Morgan fingerprint density at radius 3 is 2.46 bits per heavy atom. The first-order valence-electron chi connectivity index (χ1n) is 12.5. The lowest BCUT2D eigenvalue weighted by molar-refractivity contribution is 0.0792. The Morgan fingerprint density at radius 2 is 1.70 bits per heavy atom. The number of carbonyl (C=O) groups is 2. The molecule has 1 aliphatic heterocycles. The number of fused-ring (bicyclic) bond motifs is 2. The zero-order chi connectivity index (χ0) is 25.5. The molecule has 1 fully saturated rings. The van der Waals surface area contributed by atoms with Crippen molar-refractivity contribution in [3.05, 3.63) is 87.3 Å². The molecule has 4 aromatic rings. The predicted octanol–water partition coefficient (Wildman–Crippen LogP) is 3.35. The summed E-state index contributed by atoms with van der Waals surface area (Å²) in [6.07, 6.45) is 8.10. The molecule has 9 nitrogen and oxygen atoms in total. The van der Waals surface area contributed by atoms with Crippen molar-refractivity contribution < 1.29 is 9.59 Å². The highest BCUT2D eigenvalue weighted by Gasteiger charge is 2.20. The molecule has 1 saturated heterocycles. The monoisotopic (exact) mass is 494 g/mol. The zero-order valence-corrected chi connectivity index (χ0v) is 20.2. The van der Waals surface area contributed by atoms with E-state index in [9.17, 15) is 14.4 Å². The maximum atomic E-state index is 13.0. The smallest absolute Gasteiger partial charge is 0.254 e. The van der Waals surface area contributed by atoms with Gasteiger partial charge in [-0.15, -0.1) is 0 Å². The Balaban J connectivity index is 1.37. The van der Waals surface area contributed by atoms with Gasteiger partial charge in [-0.25, -0.2) is 4.98 Å². The van der Waals surface area contributed by atoms with Gasteiger partial charge in [0.05, 0.1) is 5.39 Å². The maximum Gasteiger partial charge on any atom is 0.254 e. The Hall–Kier alpha value is -4.53. The Kier molecular flexibility index (Phi) is 5.67. The molecule has 37 heavy (non-hydrogen) atoms. The first-order chi connectivity index (χ1) is 18.0. The average molecular weight is 495 g/mol. The molecule has 0 radical (unpaired) electrons. The Labute approximate surface area is 213 Å². The molecule has 2 aromatic carbocycles. The van der Waals surface area contributed by atoms with Crippen LogP contribution in [-0.4, -0.2) is 44.3 Å². The molecule has 3 N–H and O–H groups in total. The van der Waals surface area contributed by atoms with Crippen LogP contribution >= 0.6 is 0 Å². The minimum Gasteiger partial charge on any atom is -0.365 e. The number of nitrogens with two attached hydrogens (primary N) is 1. The molecular weight excluding hydrogens is 468 g/mol. The van der Waals surface area contributed by atoms with Crippen LogP contribution in [0.1, 0.15) is 51.1 Å². The Bertz CT molecular complexity index is 1600. The van der Waals surface area contributed by atoms with Gasteiger partial charge in [0.25, 0.3) is 11.8 Å². The van der Waals surface area contributed by atoms with Gasteiger partial charge >= 0.3 is 0 Å². The molecule has 1 aliphatic carbocycles. The summed E-state index contributed by atoms with van der Waals surface area (Å²) in [6.45, 7) is 1.60. The van der Waals surface area contributed by atoms with Crippen LogP contribution in [0.2, 0.25) is 0 Å². The van der Waals surface area contributed by atoms with Gasteiger partial charge in [0.1, 0.15) is 5.56 Å².